The minimum Gasteiger partial charge on any atom is -0.338 e. The zero-order chi connectivity index (χ0) is 18.9. The summed E-state index contributed by atoms with van der Waals surface area (Å²) in [5.74, 6) is -0.0890. The van der Waals surface area contributed by atoms with Crippen LogP contribution in [-0.2, 0) is 27.7 Å². The first-order chi connectivity index (χ1) is 12.3. The van der Waals surface area contributed by atoms with Crippen molar-refractivity contribution in [3.05, 3.63) is 29.3 Å². The number of amides is 1. The van der Waals surface area contributed by atoms with Crippen LogP contribution in [-0.4, -0.2) is 55.2 Å². The zero-order valence-corrected chi connectivity index (χ0v) is 16.5. The number of nitrogens with zero attached hydrogens (tertiary/aromatic N) is 2. The predicted octanol–water partition coefficient (Wildman–Crippen LogP) is 1.53. The number of sulfonamides is 1. The Morgan fingerprint density at radius 2 is 1.81 bits per heavy atom. The summed E-state index contributed by atoms with van der Waals surface area (Å²) in [7, 11) is -3.51. The molecule has 1 aromatic rings. The molecule has 1 aliphatic heterocycles. The van der Waals surface area contributed by atoms with E-state index in [1.807, 2.05) is 19.1 Å². The Balaban J connectivity index is 1.68. The predicted molar refractivity (Wildman–Crippen MR) is 101 cm³/mol. The smallest absolute Gasteiger partial charge is 0.243 e. The van der Waals surface area contributed by atoms with E-state index in [1.54, 1.807) is 17.9 Å². The molecular weight excluding hydrogens is 350 g/mol. The molecule has 1 fully saturated rings. The summed E-state index contributed by atoms with van der Waals surface area (Å²) in [4.78, 5) is 14.7. The van der Waals surface area contributed by atoms with Crippen LogP contribution in [0.3, 0.4) is 0 Å². The second kappa shape index (κ2) is 7.29. The lowest BCUT2D eigenvalue weighted by Crippen LogP contribution is -2.58. The molecule has 0 saturated carbocycles. The van der Waals surface area contributed by atoms with Crippen molar-refractivity contribution in [3.63, 3.8) is 0 Å². The highest BCUT2D eigenvalue weighted by Crippen LogP contribution is 2.27. The molecule has 3 rings (SSSR count). The molecule has 0 aromatic heterocycles. The van der Waals surface area contributed by atoms with E-state index in [2.05, 4.69) is 0 Å². The Morgan fingerprint density at radius 3 is 2.46 bits per heavy atom. The molecule has 26 heavy (non-hydrogen) atoms. The minimum absolute atomic E-state index is 0.0890. The fourth-order valence-corrected chi connectivity index (χ4v) is 5.45. The van der Waals surface area contributed by atoms with Crippen LogP contribution in [0.2, 0.25) is 0 Å². The highest BCUT2D eigenvalue weighted by Gasteiger charge is 2.36. The van der Waals surface area contributed by atoms with Crippen LogP contribution < -0.4 is 5.73 Å². The Bertz CT molecular complexity index is 781. The first-order valence-electron chi connectivity index (χ1n) is 9.46. The van der Waals surface area contributed by atoms with Crippen LogP contribution in [0.15, 0.2) is 23.1 Å². The van der Waals surface area contributed by atoms with E-state index < -0.39 is 15.6 Å². The van der Waals surface area contributed by atoms with E-state index in [9.17, 15) is 13.2 Å². The Labute approximate surface area is 156 Å². The van der Waals surface area contributed by atoms with E-state index in [1.165, 1.54) is 9.87 Å². The van der Waals surface area contributed by atoms with Gasteiger partial charge in [-0.3, -0.25) is 4.79 Å². The number of carbonyl (C=O) groups is 1. The maximum absolute atomic E-state index is 13.0. The second-order valence-electron chi connectivity index (χ2n) is 7.65. The number of benzene rings is 1. The molecule has 0 bridgehead atoms. The fourth-order valence-electron chi connectivity index (χ4n) is 3.98. The normalized spacial score (nSPS) is 20.7. The molecule has 7 heteroatoms. The van der Waals surface area contributed by atoms with Gasteiger partial charge in [-0.1, -0.05) is 19.4 Å². The molecule has 1 aliphatic carbocycles. The summed E-state index contributed by atoms with van der Waals surface area (Å²) < 4.78 is 27.4. The lowest BCUT2D eigenvalue weighted by Gasteiger charge is -2.38. The van der Waals surface area contributed by atoms with Crippen molar-refractivity contribution in [1.82, 2.24) is 9.21 Å². The van der Waals surface area contributed by atoms with Crippen LogP contribution in [0.4, 0.5) is 0 Å². The third-order valence-corrected chi connectivity index (χ3v) is 7.39. The first kappa shape index (κ1) is 19.3. The number of aryl methyl sites for hydroxylation is 2. The van der Waals surface area contributed by atoms with E-state index in [4.69, 9.17) is 5.73 Å². The largest absolute Gasteiger partial charge is 0.338 e. The van der Waals surface area contributed by atoms with Crippen LogP contribution in [0, 0.1) is 0 Å². The molecule has 1 saturated heterocycles. The summed E-state index contributed by atoms with van der Waals surface area (Å²) in [6.45, 7) is 5.16. The van der Waals surface area contributed by atoms with Crippen molar-refractivity contribution in [2.24, 2.45) is 5.73 Å². The summed E-state index contributed by atoms with van der Waals surface area (Å²) >= 11 is 0. The molecule has 6 nitrogen and oxygen atoms in total. The van der Waals surface area contributed by atoms with E-state index in [-0.39, 0.29) is 5.91 Å². The number of carbonyl (C=O) groups excluding carboxylic acids is 1. The molecule has 144 valence electrons. The maximum atomic E-state index is 13.0. The number of hydrogen-bond donors (Lipinski definition) is 1. The van der Waals surface area contributed by atoms with Gasteiger partial charge in [0.1, 0.15) is 0 Å². The maximum Gasteiger partial charge on any atom is 0.243 e. The van der Waals surface area contributed by atoms with Gasteiger partial charge in [0.25, 0.3) is 0 Å². The third kappa shape index (κ3) is 3.66. The summed E-state index contributed by atoms with van der Waals surface area (Å²) in [5.41, 5.74) is 7.68. The summed E-state index contributed by atoms with van der Waals surface area (Å²) in [6, 6.07) is 5.49. The molecule has 2 N–H and O–H groups in total. The Morgan fingerprint density at radius 1 is 1.15 bits per heavy atom. The monoisotopic (exact) mass is 379 g/mol. The molecule has 0 spiro atoms. The van der Waals surface area contributed by atoms with Gasteiger partial charge < -0.3 is 10.6 Å². The van der Waals surface area contributed by atoms with Crippen molar-refractivity contribution in [3.8, 4) is 0 Å². The van der Waals surface area contributed by atoms with E-state index >= 15 is 0 Å². The van der Waals surface area contributed by atoms with Crippen LogP contribution in [0.5, 0.6) is 0 Å². The SMILES string of the molecule is CCCC(C)(N)C(=O)N1CCN(S(=O)(=O)c2ccc3c(c2)CCC3)CC1. The van der Waals surface area contributed by atoms with Crippen LogP contribution >= 0.6 is 0 Å². The van der Waals surface area contributed by atoms with E-state index in [0.717, 1.165) is 31.2 Å². The summed E-state index contributed by atoms with van der Waals surface area (Å²) in [6.07, 6.45) is 4.54. The number of nitrogens with two attached hydrogens (primary N) is 1. The number of piperazine rings is 1. The van der Waals surface area contributed by atoms with Gasteiger partial charge in [-0.25, -0.2) is 8.42 Å². The van der Waals surface area contributed by atoms with Crippen molar-refractivity contribution < 1.29 is 13.2 Å². The van der Waals surface area contributed by atoms with Crippen molar-refractivity contribution in [2.75, 3.05) is 26.2 Å². The standard InChI is InChI=1S/C19H29N3O3S/c1-3-9-19(2,20)18(23)21-10-12-22(13-11-21)26(24,25)17-8-7-15-5-4-6-16(15)14-17/h7-8,14H,3-6,9-13,20H2,1-2H3. The number of hydrogen-bond acceptors (Lipinski definition) is 4. The van der Waals surface area contributed by atoms with Gasteiger partial charge in [-0.05, 0) is 55.9 Å². The van der Waals surface area contributed by atoms with Gasteiger partial charge >= 0.3 is 0 Å². The first-order valence-corrected chi connectivity index (χ1v) is 10.9. The van der Waals surface area contributed by atoms with Crippen molar-refractivity contribution in [1.29, 1.82) is 0 Å². The highest BCUT2D eigenvalue weighted by atomic mass is 32.2. The molecular formula is C19H29N3O3S. The average Bonchev–Trinajstić information content (AvgIpc) is 3.09. The van der Waals surface area contributed by atoms with E-state index in [0.29, 0.717) is 37.5 Å². The minimum atomic E-state index is -3.51. The van der Waals surface area contributed by atoms with Gasteiger partial charge in [0.05, 0.1) is 10.4 Å². The van der Waals surface area contributed by atoms with Crippen LogP contribution in [0.25, 0.3) is 0 Å². The van der Waals surface area contributed by atoms with Gasteiger partial charge in [-0.15, -0.1) is 0 Å². The quantitative estimate of drug-likeness (QED) is 0.841. The van der Waals surface area contributed by atoms with Crippen molar-refractivity contribution in [2.45, 2.75) is 56.4 Å². The molecule has 1 atom stereocenters. The molecule has 0 radical (unpaired) electrons. The summed E-state index contributed by atoms with van der Waals surface area (Å²) in [5, 5.41) is 0. The number of rotatable bonds is 5. The lowest BCUT2D eigenvalue weighted by molar-refractivity contribution is -0.137. The van der Waals surface area contributed by atoms with Gasteiger partial charge in [-0.2, -0.15) is 4.31 Å². The van der Waals surface area contributed by atoms with Crippen LogP contribution in [0.1, 0.15) is 44.2 Å². The number of fused-ring (bicyclic) bond motifs is 1. The van der Waals surface area contributed by atoms with Gasteiger partial charge in [0, 0.05) is 26.2 Å². The Hall–Kier alpha value is -1.44. The zero-order valence-electron chi connectivity index (χ0n) is 15.7. The highest BCUT2D eigenvalue weighted by molar-refractivity contribution is 7.89. The average molecular weight is 380 g/mol. The molecule has 1 unspecified atom stereocenters. The molecule has 1 heterocycles. The fraction of sp³-hybridized carbons (Fsp3) is 0.632. The molecule has 1 aromatic carbocycles. The van der Waals surface area contributed by atoms with Gasteiger partial charge in [0.15, 0.2) is 0 Å². The topological polar surface area (TPSA) is 83.7 Å². The third-order valence-electron chi connectivity index (χ3n) is 5.49. The second-order valence-corrected chi connectivity index (χ2v) is 9.59. The molecule has 1 amide bonds. The molecule has 2 aliphatic rings. The lowest BCUT2D eigenvalue weighted by atomic mass is 9.95. The van der Waals surface area contributed by atoms with Gasteiger partial charge in [0.2, 0.25) is 15.9 Å². The Kier molecular flexibility index (Phi) is 5.42. The van der Waals surface area contributed by atoms with Crippen molar-refractivity contribution >= 4 is 15.9 Å².